The third kappa shape index (κ3) is 5.13. The summed E-state index contributed by atoms with van der Waals surface area (Å²) in [5, 5.41) is 5.30. The van der Waals surface area contributed by atoms with E-state index in [1.165, 1.54) is 4.68 Å². The topological polar surface area (TPSA) is 65.7 Å². The van der Waals surface area contributed by atoms with Crippen LogP contribution in [0.5, 0.6) is 11.5 Å². The SMILES string of the molecule is CCOc1cc(C=Nn2c(CC)nc3ccc(Br)cc3c2=O)c(Br)c(Cl)c1OC(C)C. The summed E-state index contributed by atoms with van der Waals surface area (Å²) in [6, 6.07) is 7.19. The van der Waals surface area contributed by atoms with Crippen LogP contribution in [-0.2, 0) is 6.42 Å². The Bertz CT molecular complexity index is 1210. The number of aromatic nitrogens is 2. The molecule has 0 fully saturated rings. The van der Waals surface area contributed by atoms with Crippen LogP contribution in [-0.4, -0.2) is 28.6 Å². The molecule has 0 saturated carbocycles. The van der Waals surface area contributed by atoms with Gasteiger partial charge in [0.2, 0.25) is 0 Å². The van der Waals surface area contributed by atoms with Gasteiger partial charge in [0.1, 0.15) is 10.8 Å². The summed E-state index contributed by atoms with van der Waals surface area (Å²) in [5.41, 5.74) is 1.04. The highest BCUT2D eigenvalue weighted by Gasteiger charge is 2.18. The van der Waals surface area contributed by atoms with Gasteiger partial charge in [0, 0.05) is 20.9 Å². The maximum Gasteiger partial charge on any atom is 0.282 e. The van der Waals surface area contributed by atoms with Crippen molar-refractivity contribution in [1.29, 1.82) is 0 Å². The summed E-state index contributed by atoms with van der Waals surface area (Å²) in [4.78, 5) is 17.7. The molecule has 0 atom stereocenters. The van der Waals surface area contributed by atoms with Crippen LogP contribution in [0.25, 0.3) is 10.9 Å². The lowest BCUT2D eigenvalue weighted by Gasteiger charge is -2.18. The van der Waals surface area contributed by atoms with Crippen LogP contribution >= 0.6 is 43.5 Å². The molecule has 0 aliphatic heterocycles. The number of halogens is 3. The van der Waals surface area contributed by atoms with Gasteiger partial charge in [0.25, 0.3) is 5.56 Å². The van der Waals surface area contributed by atoms with Gasteiger partial charge in [-0.15, -0.1) is 0 Å². The molecule has 1 aromatic heterocycles. The molecule has 0 unspecified atom stereocenters. The van der Waals surface area contributed by atoms with Gasteiger partial charge in [0.15, 0.2) is 11.5 Å². The van der Waals surface area contributed by atoms with Gasteiger partial charge < -0.3 is 9.47 Å². The molecule has 0 radical (unpaired) electrons. The fraction of sp³-hybridized carbons (Fsp3) is 0.318. The molecule has 6 nitrogen and oxygen atoms in total. The summed E-state index contributed by atoms with van der Waals surface area (Å²) >= 11 is 13.5. The van der Waals surface area contributed by atoms with Gasteiger partial charge in [-0.25, -0.2) is 4.98 Å². The molecule has 0 saturated heterocycles. The zero-order valence-corrected chi connectivity index (χ0v) is 21.5. The molecule has 0 aliphatic carbocycles. The van der Waals surface area contributed by atoms with E-state index in [-0.39, 0.29) is 11.7 Å². The van der Waals surface area contributed by atoms with Gasteiger partial charge in [-0.1, -0.05) is 34.5 Å². The first-order valence-corrected chi connectivity index (χ1v) is 11.8. The minimum absolute atomic E-state index is 0.0724. The molecule has 0 aliphatic rings. The fourth-order valence-electron chi connectivity index (χ4n) is 2.97. The van der Waals surface area contributed by atoms with Crippen molar-refractivity contribution >= 4 is 60.6 Å². The number of nitrogens with zero attached hydrogens (tertiary/aromatic N) is 3. The van der Waals surface area contributed by atoms with Gasteiger partial charge in [-0.2, -0.15) is 9.78 Å². The van der Waals surface area contributed by atoms with Crippen molar-refractivity contribution in [1.82, 2.24) is 9.66 Å². The predicted octanol–water partition coefficient (Wildman–Crippen LogP) is 6.21. The summed E-state index contributed by atoms with van der Waals surface area (Å²) in [5.74, 6) is 1.53. The van der Waals surface area contributed by atoms with Crippen molar-refractivity contribution in [3.8, 4) is 11.5 Å². The smallest absolute Gasteiger partial charge is 0.282 e. The molecular weight excluding hydrogens is 550 g/mol. The number of hydrogen-bond acceptors (Lipinski definition) is 5. The lowest BCUT2D eigenvalue weighted by atomic mass is 10.2. The molecule has 0 amide bonds. The number of rotatable bonds is 7. The quantitative estimate of drug-likeness (QED) is 0.317. The minimum atomic E-state index is -0.244. The van der Waals surface area contributed by atoms with Crippen LogP contribution in [0.1, 0.15) is 39.1 Å². The monoisotopic (exact) mass is 569 g/mol. The Morgan fingerprint density at radius 3 is 2.65 bits per heavy atom. The van der Waals surface area contributed by atoms with E-state index in [4.69, 9.17) is 21.1 Å². The van der Waals surface area contributed by atoms with Gasteiger partial charge >= 0.3 is 0 Å². The van der Waals surface area contributed by atoms with Crippen LogP contribution in [0, 0.1) is 0 Å². The van der Waals surface area contributed by atoms with Crippen LogP contribution in [0.2, 0.25) is 5.02 Å². The van der Waals surface area contributed by atoms with Gasteiger partial charge in [-0.3, -0.25) is 4.79 Å². The summed E-state index contributed by atoms with van der Waals surface area (Å²) in [6.07, 6.45) is 2.03. The Labute approximate surface area is 202 Å². The maximum absolute atomic E-state index is 13.1. The zero-order chi connectivity index (χ0) is 22.7. The van der Waals surface area contributed by atoms with E-state index >= 15 is 0 Å². The minimum Gasteiger partial charge on any atom is -0.490 e. The molecule has 31 heavy (non-hydrogen) atoms. The molecule has 164 valence electrons. The van der Waals surface area contributed by atoms with Crippen molar-refractivity contribution in [2.75, 3.05) is 6.61 Å². The second-order valence-electron chi connectivity index (χ2n) is 6.93. The Morgan fingerprint density at radius 1 is 1.26 bits per heavy atom. The highest BCUT2D eigenvalue weighted by atomic mass is 79.9. The first-order valence-electron chi connectivity index (χ1n) is 9.83. The average Bonchev–Trinajstić information content (AvgIpc) is 2.73. The van der Waals surface area contributed by atoms with Crippen molar-refractivity contribution in [3.05, 3.63) is 60.0 Å². The molecule has 9 heteroatoms. The van der Waals surface area contributed by atoms with Crippen molar-refractivity contribution in [3.63, 3.8) is 0 Å². The molecule has 1 heterocycles. The zero-order valence-electron chi connectivity index (χ0n) is 17.6. The number of benzene rings is 2. The Kier molecular flexibility index (Phi) is 7.78. The van der Waals surface area contributed by atoms with Crippen LogP contribution in [0.15, 0.2) is 43.1 Å². The van der Waals surface area contributed by atoms with Crippen molar-refractivity contribution in [2.24, 2.45) is 5.10 Å². The van der Waals surface area contributed by atoms with E-state index in [0.29, 0.717) is 56.3 Å². The average molecular weight is 572 g/mol. The lowest BCUT2D eigenvalue weighted by molar-refractivity contribution is 0.224. The Hall–Kier alpha value is -1.90. The Morgan fingerprint density at radius 2 is 2.00 bits per heavy atom. The second-order valence-corrected chi connectivity index (χ2v) is 9.01. The number of fused-ring (bicyclic) bond motifs is 1. The number of hydrogen-bond donors (Lipinski definition) is 0. The second kappa shape index (κ2) is 10.1. The molecule has 3 aromatic rings. The highest BCUT2D eigenvalue weighted by Crippen LogP contribution is 2.42. The van der Waals surface area contributed by atoms with Gasteiger partial charge in [-0.05, 0) is 61.0 Å². The molecule has 0 spiro atoms. The number of aryl methyl sites for hydroxylation is 1. The van der Waals surface area contributed by atoms with E-state index < -0.39 is 0 Å². The standard InChI is InChI=1S/C22H22Br2ClN3O3/c1-5-18-27-16-8-7-14(23)10-15(16)22(29)28(18)26-11-13-9-17(30-6-2)21(31-12(3)4)20(25)19(13)24/h7-12H,5-6H2,1-4H3. The predicted molar refractivity (Wildman–Crippen MR) is 132 cm³/mol. The van der Waals surface area contributed by atoms with E-state index in [2.05, 4.69) is 41.9 Å². The third-order valence-corrected chi connectivity index (χ3v) is 6.25. The molecule has 3 rings (SSSR count). The van der Waals surface area contributed by atoms with Crippen molar-refractivity contribution in [2.45, 2.75) is 40.2 Å². The first kappa shape index (κ1) is 23.8. The van der Waals surface area contributed by atoms with E-state index in [9.17, 15) is 4.79 Å². The van der Waals surface area contributed by atoms with E-state index in [0.717, 1.165) is 4.47 Å². The maximum atomic E-state index is 13.1. The van der Waals surface area contributed by atoms with E-state index in [1.807, 2.05) is 39.8 Å². The molecule has 2 aromatic carbocycles. The highest BCUT2D eigenvalue weighted by molar-refractivity contribution is 9.10. The van der Waals surface area contributed by atoms with Crippen LogP contribution in [0.3, 0.4) is 0 Å². The first-order chi connectivity index (χ1) is 14.8. The van der Waals surface area contributed by atoms with Crippen LogP contribution in [0.4, 0.5) is 0 Å². The molecule has 0 N–H and O–H groups in total. The van der Waals surface area contributed by atoms with Crippen LogP contribution < -0.4 is 15.0 Å². The summed E-state index contributed by atoms with van der Waals surface area (Å²) in [6.45, 7) is 8.09. The summed E-state index contributed by atoms with van der Waals surface area (Å²) < 4.78 is 14.3. The number of ether oxygens (including phenoxy) is 2. The molecule has 0 bridgehead atoms. The molecular formula is C22H22Br2ClN3O3. The third-order valence-electron chi connectivity index (χ3n) is 4.31. The summed E-state index contributed by atoms with van der Waals surface area (Å²) in [7, 11) is 0. The van der Waals surface area contributed by atoms with Crippen molar-refractivity contribution < 1.29 is 9.47 Å². The lowest BCUT2D eigenvalue weighted by Crippen LogP contribution is -2.22. The largest absolute Gasteiger partial charge is 0.490 e. The normalized spacial score (nSPS) is 11.6. The fourth-order valence-corrected chi connectivity index (χ4v) is 3.97. The van der Waals surface area contributed by atoms with E-state index in [1.54, 1.807) is 18.3 Å². The Balaban J connectivity index is 2.14. The van der Waals surface area contributed by atoms with Gasteiger partial charge in [0.05, 0.1) is 29.8 Å².